The van der Waals surface area contributed by atoms with Gasteiger partial charge in [0.1, 0.15) is 5.03 Å². The molecule has 0 radical (unpaired) electrons. The standard InChI is InChI=1S/C15H15N3OS2/c16-12(19)9-21-15-13-11(7-4-8-20-13)17-14(18-15)10-5-2-1-3-6-10/h1-3,5-6H,4,7-9H2,(H2,16,19). The third kappa shape index (κ3) is 3.39. The highest BCUT2D eigenvalue weighted by Crippen LogP contribution is 2.37. The van der Waals surface area contributed by atoms with Crippen molar-refractivity contribution in [2.75, 3.05) is 11.5 Å². The van der Waals surface area contributed by atoms with Crippen LogP contribution in [-0.2, 0) is 11.2 Å². The van der Waals surface area contributed by atoms with Crippen LogP contribution in [0.4, 0.5) is 0 Å². The Morgan fingerprint density at radius 3 is 2.86 bits per heavy atom. The van der Waals surface area contributed by atoms with Crippen molar-refractivity contribution in [1.82, 2.24) is 9.97 Å². The third-order valence-electron chi connectivity index (χ3n) is 3.09. The largest absolute Gasteiger partial charge is 0.369 e. The number of thioether (sulfide) groups is 2. The Morgan fingerprint density at radius 2 is 2.10 bits per heavy atom. The van der Waals surface area contributed by atoms with Crippen molar-refractivity contribution in [3.63, 3.8) is 0 Å². The molecule has 21 heavy (non-hydrogen) atoms. The van der Waals surface area contributed by atoms with Crippen LogP contribution in [0.5, 0.6) is 0 Å². The molecule has 0 saturated heterocycles. The van der Waals surface area contributed by atoms with E-state index in [1.165, 1.54) is 11.8 Å². The first kappa shape index (κ1) is 14.4. The van der Waals surface area contributed by atoms with Crippen molar-refractivity contribution in [1.29, 1.82) is 0 Å². The van der Waals surface area contributed by atoms with E-state index in [2.05, 4.69) is 4.98 Å². The van der Waals surface area contributed by atoms with Crippen LogP contribution in [0.25, 0.3) is 11.4 Å². The van der Waals surface area contributed by atoms with Gasteiger partial charge in [-0.05, 0) is 18.6 Å². The van der Waals surface area contributed by atoms with Gasteiger partial charge in [0.05, 0.1) is 16.3 Å². The summed E-state index contributed by atoms with van der Waals surface area (Å²) in [4.78, 5) is 21.5. The lowest BCUT2D eigenvalue weighted by Crippen LogP contribution is -2.14. The molecule has 2 N–H and O–H groups in total. The van der Waals surface area contributed by atoms with E-state index >= 15 is 0 Å². The SMILES string of the molecule is NC(=O)CSc1nc(-c2ccccc2)nc2c1SCCC2. The number of carbonyl (C=O) groups excluding carboxylic acids is 1. The highest BCUT2D eigenvalue weighted by atomic mass is 32.2. The van der Waals surface area contributed by atoms with Gasteiger partial charge in [0.25, 0.3) is 0 Å². The highest BCUT2D eigenvalue weighted by molar-refractivity contribution is 8.02. The fourth-order valence-corrected chi connectivity index (χ4v) is 4.16. The third-order valence-corrected chi connectivity index (χ3v) is 5.43. The Kier molecular flexibility index (Phi) is 4.45. The van der Waals surface area contributed by atoms with Crippen LogP contribution in [0.1, 0.15) is 12.1 Å². The van der Waals surface area contributed by atoms with E-state index in [4.69, 9.17) is 10.7 Å². The van der Waals surface area contributed by atoms with Gasteiger partial charge in [0, 0.05) is 5.56 Å². The lowest BCUT2D eigenvalue weighted by molar-refractivity contribution is -0.115. The van der Waals surface area contributed by atoms with Crippen molar-refractivity contribution >= 4 is 29.4 Å². The number of nitrogens with zero attached hydrogens (tertiary/aromatic N) is 2. The monoisotopic (exact) mass is 317 g/mol. The number of hydrogen-bond acceptors (Lipinski definition) is 5. The molecule has 3 rings (SSSR count). The summed E-state index contributed by atoms with van der Waals surface area (Å²) in [5, 5.41) is 0.877. The molecule has 1 aromatic heterocycles. The number of aromatic nitrogens is 2. The van der Waals surface area contributed by atoms with Gasteiger partial charge < -0.3 is 5.73 Å². The van der Waals surface area contributed by atoms with Gasteiger partial charge in [-0.15, -0.1) is 11.8 Å². The average molecular weight is 317 g/mol. The van der Waals surface area contributed by atoms with Crippen LogP contribution < -0.4 is 5.73 Å². The minimum atomic E-state index is -0.325. The number of rotatable bonds is 4. The summed E-state index contributed by atoms with van der Waals surface area (Å²) in [6.45, 7) is 0. The van der Waals surface area contributed by atoms with Crippen LogP contribution >= 0.6 is 23.5 Å². The topological polar surface area (TPSA) is 68.9 Å². The van der Waals surface area contributed by atoms with Crippen LogP contribution in [0.2, 0.25) is 0 Å². The second kappa shape index (κ2) is 6.49. The molecule has 1 aromatic carbocycles. The smallest absolute Gasteiger partial charge is 0.227 e. The zero-order valence-corrected chi connectivity index (χ0v) is 13.0. The maximum absolute atomic E-state index is 11.0. The molecule has 1 aliphatic heterocycles. The van der Waals surface area contributed by atoms with E-state index in [1.807, 2.05) is 30.3 Å². The number of fused-ring (bicyclic) bond motifs is 1. The molecular weight excluding hydrogens is 302 g/mol. The second-order valence-corrected chi connectivity index (χ2v) is 6.77. The first-order valence-corrected chi connectivity index (χ1v) is 8.71. The van der Waals surface area contributed by atoms with Crippen molar-refractivity contribution in [2.45, 2.75) is 22.8 Å². The summed E-state index contributed by atoms with van der Waals surface area (Å²) in [7, 11) is 0. The molecule has 0 saturated carbocycles. The fraction of sp³-hybridized carbons (Fsp3) is 0.267. The summed E-state index contributed by atoms with van der Waals surface area (Å²) in [5.74, 6) is 1.72. The van der Waals surface area contributed by atoms with Gasteiger partial charge in [-0.1, -0.05) is 42.1 Å². The maximum Gasteiger partial charge on any atom is 0.227 e. The second-order valence-electron chi connectivity index (χ2n) is 4.70. The predicted octanol–water partition coefficient (Wildman–Crippen LogP) is 2.76. The number of benzene rings is 1. The fourth-order valence-electron chi connectivity index (χ4n) is 2.16. The van der Waals surface area contributed by atoms with Crippen molar-refractivity contribution in [2.24, 2.45) is 5.73 Å². The minimum Gasteiger partial charge on any atom is -0.369 e. The van der Waals surface area contributed by atoms with Crippen LogP contribution in [0.15, 0.2) is 40.3 Å². The molecule has 0 spiro atoms. The molecule has 0 fully saturated rings. The number of hydrogen-bond donors (Lipinski definition) is 1. The van der Waals surface area contributed by atoms with Gasteiger partial charge in [-0.3, -0.25) is 4.79 Å². The predicted molar refractivity (Wildman–Crippen MR) is 86.4 cm³/mol. The summed E-state index contributed by atoms with van der Waals surface area (Å²) in [5.41, 5.74) is 7.34. The summed E-state index contributed by atoms with van der Waals surface area (Å²) in [6.07, 6.45) is 2.09. The van der Waals surface area contributed by atoms with Gasteiger partial charge in [0.15, 0.2) is 5.82 Å². The summed E-state index contributed by atoms with van der Waals surface area (Å²) < 4.78 is 0. The average Bonchev–Trinajstić information content (AvgIpc) is 2.53. The molecule has 0 bridgehead atoms. The zero-order valence-electron chi connectivity index (χ0n) is 11.4. The number of aryl methyl sites for hydroxylation is 1. The number of carbonyl (C=O) groups is 1. The minimum absolute atomic E-state index is 0.248. The van der Waals surface area contributed by atoms with Gasteiger partial charge in [0.2, 0.25) is 5.91 Å². The molecule has 2 heterocycles. The highest BCUT2D eigenvalue weighted by Gasteiger charge is 2.19. The molecule has 0 aliphatic carbocycles. The van der Waals surface area contributed by atoms with Gasteiger partial charge in [-0.2, -0.15) is 0 Å². The summed E-state index contributed by atoms with van der Waals surface area (Å²) in [6, 6.07) is 9.92. The molecule has 4 nitrogen and oxygen atoms in total. The maximum atomic E-state index is 11.0. The number of nitrogens with two attached hydrogens (primary N) is 1. The van der Waals surface area contributed by atoms with Gasteiger partial charge >= 0.3 is 0 Å². The molecule has 2 aromatic rings. The quantitative estimate of drug-likeness (QED) is 0.693. The van der Waals surface area contributed by atoms with E-state index < -0.39 is 0 Å². The Bertz CT molecular complexity index is 661. The van der Waals surface area contributed by atoms with Crippen molar-refractivity contribution < 1.29 is 4.79 Å². The normalized spacial score (nSPS) is 13.7. The van der Waals surface area contributed by atoms with Gasteiger partial charge in [-0.25, -0.2) is 9.97 Å². The molecule has 0 atom stereocenters. The van der Waals surface area contributed by atoms with Crippen molar-refractivity contribution in [3.8, 4) is 11.4 Å². The molecule has 108 valence electrons. The lowest BCUT2D eigenvalue weighted by Gasteiger charge is -2.18. The van der Waals surface area contributed by atoms with Crippen LogP contribution in [0.3, 0.4) is 0 Å². The molecule has 1 aliphatic rings. The molecule has 0 unspecified atom stereocenters. The zero-order chi connectivity index (χ0) is 14.7. The van der Waals surface area contributed by atoms with Crippen LogP contribution in [-0.4, -0.2) is 27.4 Å². The van der Waals surface area contributed by atoms with Crippen molar-refractivity contribution in [3.05, 3.63) is 36.0 Å². The Hall–Kier alpha value is -1.53. The lowest BCUT2D eigenvalue weighted by atomic mass is 10.2. The molecule has 6 heteroatoms. The molecule has 1 amide bonds. The van der Waals surface area contributed by atoms with Crippen LogP contribution in [0, 0.1) is 0 Å². The van der Waals surface area contributed by atoms with E-state index in [9.17, 15) is 4.79 Å². The Labute approximate surface area is 131 Å². The number of amides is 1. The Balaban J connectivity index is 2.02. The molecular formula is C15H15N3OS2. The van der Waals surface area contributed by atoms with E-state index in [1.54, 1.807) is 11.8 Å². The number of primary amides is 1. The van der Waals surface area contributed by atoms with E-state index in [0.29, 0.717) is 0 Å². The summed E-state index contributed by atoms with van der Waals surface area (Å²) >= 11 is 3.18. The van der Waals surface area contributed by atoms with E-state index in [0.717, 1.165) is 45.6 Å². The van der Waals surface area contributed by atoms with E-state index in [-0.39, 0.29) is 11.7 Å². The first-order chi connectivity index (χ1) is 10.2. The first-order valence-electron chi connectivity index (χ1n) is 6.74. The Morgan fingerprint density at radius 1 is 1.29 bits per heavy atom.